The average Bonchev–Trinajstić information content (AvgIpc) is 2.82. The minimum absolute atomic E-state index is 0.0186. The Balaban J connectivity index is 2.23. The highest BCUT2D eigenvalue weighted by Gasteiger charge is 2.29. The van der Waals surface area contributed by atoms with E-state index >= 15 is 0 Å². The van der Waals surface area contributed by atoms with Gasteiger partial charge in [-0.05, 0) is 62.1 Å². The zero-order valence-electron chi connectivity index (χ0n) is 21.2. The fraction of sp³-hybridized carbons (Fsp3) is 0.462. The zero-order valence-corrected chi connectivity index (χ0v) is 22.8. The molecule has 0 aliphatic carbocycles. The first-order valence-corrected chi connectivity index (χ1v) is 14.3. The summed E-state index contributed by atoms with van der Waals surface area (Å²) in [7, 11) is -3.65. The van der Waals surface area contributed by atoms with Crippen molar-refractivity contribution in [3.63, 3.8) is 0 Å². The summed E-state index contributed by atoms with van der Waals surface area (Å²) in [5.41, 5.74) is 1.03. The lowest BCUT2D eigenvalue weighted by molar-refractivity contribution is -0.141. The van der Waals surface area contributed by atoms with Gasteiger partial charge in [-0.15, -0.1) is 0 Å². The van der Waals surface area contributed by atoms with Gasteiger partial charge in [-0.2, -0.15) is 0 Å². The zero-order chi connectivity index (χ0) is 26.9. The van der Waals surface area contributed by atoms with Crippen LogP contribution in [0.5, 0.6) is 0 Å². The molecule has 2 rings (SSSR count). The second kappa shape index (κ2) is 13.6. The topological polar surface area (TPSA) is 86.8 Å². The van der Waals surface area contributed by atoms with Gasteiger partial charge in [0.25, 0.3) is 0 Å². The molecule has 2 atom stereocenters. The summed E-state index contributed by atoms with van der Waals surface area (Å²) in [4.78, 5) is 28.0. The molecule has 198 valence electrons. The lowest BCUT2D eigenvalue weighted by Gasteiger charge is -2.32. The number of carbonyl (C=O) groups excluding carboxylic acids is 2. The molecule has 0 spiro atoms. The maximum Gasteiger partial charge on any atom is 0.243 e. The highest BCUT2D eigenvalue weighted by molar-refractivity contribution is 7.92. The molecule has 0 aliphatic rings. The van der Waals surface area contributed by atoms with Crippen LogP contribution in [-0.2, 0) is 26.2 Å². The minimum atomic E-state index is -3.65. The van der Waals surface area contributed by atoms with E-state index in [2.05, 4.69) is 5.32 Å². The molecule has 0 aromatic heterocycles. The first-order valence-electron chi connectivity index (χ1n) is 12.0. The molecule has 2 aromatic rings. The van der Waals surface area contributed by atoms with Crippen molar-refractivity contribution in [1.82, 2.24) is 10.2 Å². The SMILES string of the molecule is CC[C@H](C(=O)N[C@@H](C)CC)N(Cc1ccccc1Cl)C(=O)CCCN(c1ccc(F)cc1)S(C)(=O)=O. The van der Waals surface area contributed by atoms with E-state index < -0.39 is 21.9 Å². The third-order valence-electron chi connectivity index (χ3n) is 5.95. The van der Waals surface area contributed by atoms with E-state index in [-0.39, 0.29) is 43.8 Å². The van der Waals surface area contributed by atoms with E-state index in [0.717, 1.165) is 17.0 Å². The molecular weight excluding hydrogens is 505 g/mol. The molecule has 0 bridgehead atoms. The van der Waals surface area contributed by atoms with Crippen molar-refractivity contribution in [2.24, 2.45) is 0 Å². The van der Waals surface area contributed by atoms with Crippen molar-refractivity contribution in [3.8, 4) is 0 Å². The van der Waals surface area contributed by atoms with Gasteiger partial charge < -0.3 is 10.2 Å². The Morgan fingerprint density at radius 2 is 1.69 bits per heavy atom. The number of nitrogens with zero attached hydrogens (tertiary/aromatic N) is 2. The standard InChI is InChI=1S/C26H35ClFN3O4S/c1-5-19(3)29-26(33)24(6-2)30(18-20-10-7-8-11-23(20)27)25(32)12-9-17-31(36(4,34)35)22-15-13-21(28)14-16-22/h7-8,10-11,13-16,19,24H,5-6,9,12,17-18H2,1-4H3,(H,29,33)/t19-,24+/m0/s1. The first-order chi connectivity index (χ1) is 17.0. The Morgan fingerprint density at radius 3 is 2.25 bits per heavy atom. The summed E-state index contributed by atoms with van der Waals surface area (Å²) < 4.78 is 39.2. The molecule has 7 nitrogen and oxygen atoms in total. The molecular formula is C26H35ClFN3O4S. The van der Waals surface area contributed by atoms with Crippen LogP contribution in [0.4, 0.5) is 10.1 Å². The van der Waals surface area contributed by atoms with E-state index in [4.69, 9.17) is 11.6 Å². The highest BCUT2D eigenvalue weighted by atomic mass is 35.5. The van der Waals surface area contributed by atoms with Crippen molar-refractivity contribution < 1.29 is 22.4 Å². The van der Waals surface area contributed by atoms with Gasteiger partial charge in [-0.25, -0.2) is 12.8 Å². The van der Waals surface area contributed by atoms with Crippen LogP contribution in [0.1, 0.15) is 52.0 Å². The fourth-order valence-corrected chi connectivity index (χ4v) is 4.94. The van der Waals surface area contributed by atoms with Crippen LogP contribution in [-0.4, -0.2) is 50.0 Å². The molecule has 10 heteroatoms. The number of nitrogens with one attached hydrogen (secondary N) is 1. The predicted molar refractivity (Wildman–Crippen MR) is 142 cm³/mol. The normalized spacial score (nSPS) is 13.1. The third-order valence-corrected chi connectivity index (χ3v) is 7.52. The summed E-state index contributed by atoms with van der Waals surface area (Å²) in [5.74, 6) is -0.996. The molecule has 0 unspecified atom stereocenters. The molecule has 36 heavy (non-hydrogen) atoms. The average molecular weight is 540 g/mol. The van der Waals surface area contributed by atoms with Crippen LogP contribution in [0.25, 0.3) is 0 Å². The summed E-state index contributed by atoms with van der Waals surface area (Å²) in [6.07, 6.45) is 2.46. The molecule has 0 saturated heterocycles. The van der Waals surface area contributed by atoms with Crippen LogP contribution in [0.2, 0.25) is 5.02 Å². The van der Waals surface area contributed by atoms with Crippen molar-refractivity contribution in [2.45, 2.75) is 65.1 Å². The number of carbonyl (C=O) groups is 2. The number of halogens is 2. The van der Waals surface area contributed by atoms with Gasteiger partial charge in [0.1, 0.15) is 11.9 Å². The van der Waals surface area contributed by atoms with Crippen molar-refractivity contribution in [3.05, 3.63) is 64.9 Å². The first kappa shape index (κ1) is 29.6. The van der Waals surface area contributed by atoms with E-state index in [1.54, 1.807) is 12.1 Å². The van der Waals surface area contributed by atoms with Gasteiger partial charge in [-0.1, -0.05) is 43.6 Å². The molecule has 0 heterocycles. The lowest BCUT2D eigenvalue weighted by atomic mass is 10.1. The number of sulfonamides is 1. The van der Waals surface area contributed by atoms with Gasteiger partial charge in [0, 0.05) is 30.6 Å². The smallest absolute Gasteiger partial charge is 0.243 e. The van der Waals surface area contributed by atoms with E-state index in [9.17, 15) is 22.4 Å². The summed E-state index contributed by atoms with van der Waals surface area (Å²) in [6, 6.07) is 11.5. The van der Waals surface area contributed by atoms with E-state index in [1.165, 1.54) is 29.2 Å². The third kappa shape index (κ3) is 8.48. The molecule has 0 radical (unpaired) electrons. The number of hydrogen-bond acceptors (Lipinski definition) is 4. The van der Waals surface area contributed by atoms with Gasteiger partial charge in [0.05, 0.1) is 11.9 Å². The Bertz CT molecular complexity index is 1130. The minimum Gasteiger partial charge on any atom is -0.352 e. The Hall–Kier alpha value is -2.65. The van der Waals surface area contributed by atoms with Crippen LogP contribution in [0.3, 0.4) is 0 Å². The van der Waals surface area contributed by atoms with Gasteiger partial charge in [0.15, 0.2) is 0 Å². The molecule has 1 N–H and O–H groups in total. The fourth-order valence-electron chi connectivity index (χ4n) is 3.78. The van der Waals surface area contributed by atoms with Crippen LogP contribution < -0.4 is 9.62 Å². The van der Waals surface area contributed by atoms with Gasteiger partial charge in [0.2, 0.25) is 21.8 Å². The summed E-state index contributed by atoms with van der Waals surface area (Å²) in [6.45, 7) is 5.89. The largest absolute Gasteiger partial charge is 0.352 e. The number of benzene rings is 2. The molecule has 2 amide bonds. The Labute approximate surface area is 218 Å². The number of anilines is 1. The highest BCUT2D eigenvalue weighted by Crippen LogP contribution is 2.22. The Kier molecular flexibility index (Phi) is 11.2. The van der Waals surface area contributed by atoms with Gasteiger partial charge in [-0.3, -0.25) is 13.9 Å². The number of hydrogen-bond donors (Lipinski definition) is 1. The second-order valence-electron chi connectivity index (χ2n) is 8.77. The van der Waals surface area contributed by atoms with Crippen LogP contribution >= 0.6 is 11.6 Å². The molecule has 2 aromatic carbocycles. The maximum absolute atomic E-state index is 13.4. The molecule has 0 aliphatic heterocycles. The molecule has 0 fully saturated rings. The van der Waals surface area contributed by atoms with Crippen molar-refractivity contribution in [2.75, 3.05) is 17.1 Å². The predicted octanol–water partition coefficient (Wildman–Crippen LogP) is 4.75. The number of rotatable bonds is 13. The summed E-state index contributed by atoms with van der Waals surface area (Å²) in [5, 5.41) is 3.45. The van der Waals surface area contributed by atoms with Crippen LogP contribution in [0.15, 0.2) is 48.5 Å². The van der Waals surface area contributed by atoms with Gasteiger partial charge >= 0.3 is 0 Å². The van der Waals surface area contributed by atoms with Crippen LogP contribution in [0, 0.1) is 5.82 Å². The summed E-state index contributed by atoms with van der Waals surface area (Å²) >= 11 is 6.34. The quantitative estimate of drug-likeness (QED) is 0.398. The monoisotopic (exact) mass is 539 g/mol. The van der Waals surface area contributed by atoms with E-state index in [0.29, 0.717) is 22.7 Å². The van der Waals surface area contributed by atoms with Crippen molar-refractivity contribution in [1.29, 1.82) is 0 Å². The molecule has 0 saturated carbocycles. The van der Waals surface area contributed by atoms with Crippen molar-refractivity contribution >= 4 is 39.1 Å². The van der Waals surface area contributed by atoms with E-state index in [1.807, 2.05) is 32.9 Å². The lowest BCUT2D eigenvalue weighted by Crippen LogP contribution is -2.50. The Morgan fingerprint density at radius 1 is 1.06 bits per heavy atom. The maximum atomic E-state index is 13.4. The number of amides is 2. The second-order valence-corrected chi connectivity index (χ2v) is 11.1.